The van der Waals surface area contributed by atoms with Crippen molar-refractivity contribution in [3.8, 4) is 0 Å². The highest BCUT2D eigenvalue weighted by atomic mass is 16.6. The maximum absolute atomic E-state index is 11.8. The van der Waals surface area contributed by atoms with Crippen molar-refractivity contribution in [1.29, 1.82) is 0 Å². The number of nitrogens with one attached hydrogen (secondary N) is 1. The van der Waals surface area contributed by atoms with E-state index in [2.05, 4.69) is 4.98 Å². The first-order valence-electron chi connectivity index (χ1n) is 5.90. The second-order valence-corrected chi connectivity index (χ2v) is 4.90. The van der Waals surface area contributed by atoms with Crippen molar-refractivity contribution in [2.75, 3.05) is 13.2 Å². The molecule has 2 saturated heterocycles. The lowest BCUT2D eigenvalue weighted by Gasteiger charge is -2.42. The molecule has 0 spiro atoms. The van der Waals surface area contributed by atoms with E-state index in [1.165, 1.54) is 10.8 Å². The number of hydrogen-bond donors (Lipinski definition) is 3. The van der Waals surface area contributed by atoms with E-state index in [1.54, 1.807) is 6.92 Å². The Morgan fingerprint density at radius 1 is 1.58 bits per heavy atom. The third-order valence-electron chi connectivity index (χ3n) is 3.69. The van der Waals surface area contributed by atoms with Crippen LogP contribution in [0.2, 0.25) is 0 Å². The maximum atomic E-state index is 11.8. The van der Waals surface area contributed by atoms with Gasteiger partial charge in [0.05, 0.1) is 13.2 Å². The van der Waals surface area contributed by atoms with E-state index in [9.17, 15) is 19.8 Å². The van der Waals surface area contributed by atoms with E-state index in [0.29, 0.717) is 5.56 Å². The second kappa shape index (κ2) is 4.01. The number of aliphatic hydroxyl groups excluding tert-OH is 1. The van der Waals surface area contributed by atoms with Crippen molar-refractivity contribution in [2.45, 2.75) is 31.0 Å². The number of ether oxygens (including phenoxy) is 2. The highest BCUT2D eigenvalue weighted by Crippen LogP contribution is 2.45. The van der Waals surface area contributed by atoms with Gasteiger partial charge in [0, 0.05) is 11.8 Å². The molecule has 0 unspecified atom stereocenters. The SMILES string of the molecule is Cc1cn([C@H]2O[C@H](CO)[C@]3(O)CO[C@H]23)c(=O)[nH]c1=O. The fourth-order valence-electron chi connectivity index (χ4n) is 2.50. The normalized spacial score (nSPS) is 36.9. The van der Waals surface area contributed by atoms with Gasteiger partial charge >= 0.3 is 5.69 Å². The molecule has 2 aliphatic heterocycles. The molecular formula is C11H14N2O6. The van der Waals surface area contributed by atoms with Crippen molar-refractivity contribution in [3.63, 3.8) is 0 Å². The Bertz CT molecular complexity index is 622. The summed E-state index contributed by atoms with van der Waals surface area (Å²) in [6.07, 6.45) is -1.05. The number of aliphatic hydroxyl groups is 2. The molecule has 104 valence electrons. The van der Waals surface area contributed by atoms with Gasteiger partial charge in [0.15, 0.2) is 6.23 Å². The first-order valence-corrected chi connectivity index (χ1v) is 5.90. The largest absolute Gasteiger partial charge is 0.394 e. The lowest BCUT2D eigenvalue weighted by Crippen LogP contribution is -2.62. The van der Waals surface area contributed by atoms with Gasteiger partial charge in [0.1, 0.15) is 17.8 Å². The van der Waals surface area contributed by atoms with E-state index in [-0.39, 0.29) is 13.2 Å². The van der Waals surface area contributed by atoms with Crippen molar-refractivity contribution in [2.24, 2.45) is 0 Å². The zero-order valence-corrected chi connectivity index (χ0v) is 10.2. The molecule has 1 aromatic rings. The van der Waals surface area contributed by atoms with Crippen LogP contribution in [0.3, 0.4) is 0 Å². The van der Waals surface area contributed by atoms with Gasteiger partial charge in [0.2, 0.25) is 0 Å². The van der Waals surface area contributed by atoms with E-state index in [1.807, 2.05) is 0 Å². The van der Waals surface area contributed by atoms with Crippen LogP contribution in [0.5, 0.6) is 0 Å². The Kier molecular flexibility index (Phi) is 2.65. The van der Waals surface area contributed by atoms with Gasteiger partial charge in [-0.2, -0.15) is 0 Å². The van der Waals surface area contributed by atoms with Crippen molar-refractivity contribution < 1.29 is 19.7 Å². The van der Waals surface area contributed by atoms with Gasteiger partial charge < -0.3 is 19.7 Å². The molecule has 1 aromatic heterocycles. The summed E-state index contributed by atoms with van der Waals surface area (Å²) in [5, 5.41) is 19.5. The second-order valence-electron chi connectivity index (χ2n) is 4.90. The van der Waals surface area contributed by atoms with Crippen LogP contribution in [-0.2, 0) is 9.47 Å². The van der Waals surface area contributed by atoms with Gasteiger partial charge in [-0.05, 0) is 6.92 Å². The summed E-state index contributed by atoms with van der Waals surface area (Å²) in [5.41, 5.74) is -2.05. The molecule has 19 heavy (non-hydrogen) atoms. The predicted molar refractivity (Wildman–Crippen MR) is 61.7 cm³/mol. The molecule has 0 aliphatic carbocycles. The molecule has 0 saturated carbocycles. The van der Waals surface area contributed by atoms with E-state index >= 15 is 0 Å². The number of aromatic nitrogens is 2. The first-order chi connectivity index (χ1) is 8.97. The maximum Gasteiger partial charge on any atom is 0.330 e. The summed E-state index contributed by atoms with van der Waals surface area (Å²) in [5.74, 6) is 0. The molecule has 8 nitrogen and oxygen atoms in total. The number of nitrogens with zero attached hydrogens (tertiary/aromatic N) is 1. The number of aromatic amines is 1. The van der Waals surface area contributed by atoms with Crippen LogP contribution in [0.4, 0.5) is 0 Å². The minimum atomic E-state index is -1.29. The van der Waals surface area contributed by atoms with Crippen molar-refractivity contribution in [3.05, 3.63) is 32.6 Å². The highest BCUT2D eigenvalue weighted by Gasteiger charge is 2.63. The average molecular weight is 270 g/mol. The number of aryl methyl sites for hydroxylation is 1. The zero-order chi connectivity index (χ0) is 13.8. The monoisotopic (exact) mass is 270 g/mol. The molecule has 4 atom stereocenters. The van der Waals surface area contributed by atoms with Crippen LogP contribution in [0, 0.1) is 6.92 Å². The fraction of sp³-hybridized carbons (Fsp3) is 0.636. The Morgan fingerprint density at radius 3 is 2.84 bits per heavy atom. The Hall–Kier alpha value is -1.48. The molecule has 2 aliphatic rings. The summed E-state index contributed by atoms with van der Waals surface area (Å²) < 4.78 is 11.9. The highest BCUT2D eigenvalue weighted by molar-refractivity contribution is 5.11. The Balaban J connectivity index is 2.03. The molecule has 3 heterocycles. The molecule has 0 bridgehead atoms. The van der Waals surface area contributed by atoms with Crippen LogP contribution in [0.25, 0.3) is 0 Å². The van der Waals surface area contributed by atoms with Crippen molar-refractivity contribution in [1.82, 2.24) is 9.55 Å². The Labute approximate surface area is 107 Å². The van der Waals surface area contributed by atoms with Crippen LogP contribution >= 0.6 is 0 Å². The Morgan fingerprint density at radius 2 is 2.32 bits per heavy atom. The first kappa shape index (κ1) is 12.5. The third-order valence-corrected chi connectivity index (χ3v) is 3.69. The van der Waals surface area contributed by atoms with E-state index in [4.69, 9.17) is 9.47 Å². The van der Waals surface area contributed by atoms with Gasteiger partial charge in [0.25, 0.3) is 5.56 Å². The quantitative estimate of drug-likeness (QED) is 0.565. The molecule has 0 radical (unpaired) electrons. The lowest BCUT2D eigenvalue weighted by atomic mass is 9.88. The molecule has 3 rings (SSSR count). The molecule has 0 amide bonds. The van der Waals surface area contributed by atoms with Crippen LogP contribution in [0.1, 0.15) is 11.8 Å². The van der Waals surface area contributed by atoms with Gasteiger partial charge in [-0.15, -0.1) is 0 Å². The predicted octanol–water partition coefficient (Wildman–Crippen LogP) is -2.14. The van der Waals surface area contributed by atoms with Crippen LogP contribution in [0.15, 0.2) is 15.8 Å². The zero-order valence-electron chi connectivity index (χ0n) is 10.2. The summed E-state index contributed by atoms with van der Waals surface area (Å²) in [4.78, 5) is 25.3. The molecule has 3 N–H and O–H groups in total. The lowest BCUT2D eigenvalue weighted by molar-refractivity contribution is -0.236. The molecular weight excluding hydrogens is 256 g/mol. The topological polar surface area (TPSA) is 114 Å². The van der Waals surface area contributed by atoms with Crippen molar-refractivity contribution >= 4 is 0 Å². The minimum Gasteiger partial charge on any atom is -0.394 e. The summed E-state index contributed by atoms with van der Waals surface area (Å²) in [6.45, 7) is 1.24. The standard InChI is InChI=1S/C11H14N2O6/c1-5-2-13(10(16)12-8(5)15)9-7-11(17,4-18-7)6(3-14)19-9/h2,6-7,9,14,17H,3-4H2,1H3,(H,12,15,16)/t6-,7-,9+,11-/m1/s1. The van der Waals surface area contributed by atoms with Gasteiger partial charge in [-0.1, -0.05) is 0 Å². The number of fused-ring (bicyclic) bond motifs is 1. The van der Waals surface area contributed by atoms with Crippen LogP contribution < -0.4 is 11.2 Å². The number of H-pyrrole nitrogens is 1. The summed E-state index contributed by atoms with van der Waals surface area (Å²) >= 11 is 0. The molecule has 2 fully saturated rings. The number of rotatable bonds is 2. The van der Waals surface area contributed by atoms with E-state index in [0.717, 1.165) is 0 Å². The average Bonchev–Trinajstić information content (AvgIpc) is 2.54. The van der Waals surface area contributed by atoms with E-state index < -0.39 is 35.3 Å². The van der Waals surface area contributed by atoms with Gasteiger partial charge in [-0.25, -0.2) is 4.79 Å². The minimum absolute atomic E-state index is 0.0521. The van der Waals surface area contributed by atoms with Crippen LogP contribution in [-0.4, -0.2) is 50.8 Å². The molecule has 8 heteroatoms. The molecule has 0 aromatic carbocycles. The fourth-order valence-corrected chi connectivity index (χ4v) is 2.50. The number of hydrogen-bond acceptors (Lipinski definition) is 6. The smallest absolute Gasteiger partial charge is 0.330 e. The summed E-state index contributed by atoms with van der Waals surface area (Å²) in [7, 11) is 0. The van der Waals surface area contributed by atoms with Gasteiger partial charge in [-0.3, -0.25) is 14.3 Å². The third kappa shape index (κ3) is 1.61. The summed E-state index contributed by atoms with van der Waals surface area (Å²) in [6, 6.07) is 0.